The van der Waals surface area contributed by atoms with Crippen LogP contribution in [0.5, 0.6) is 0 Å². The van der Waals surface area contributed by atoms with Crippen LogP contribution >= 0.6 is 0 Å². The van der Waals surface area contributed by atoms with Gasteiger partial charge in [0.25, 0.3) is 10.1 Å². The van der Waals surface area contributed by atoms with E-state index in [0.29, 0.717) is 58.4 Å². The van der Waals surface area contributed by atoms with Gasteiger partial charge in [-0.25, -0.2) is 0 Å². The maximum Gasteiger partial charge on any atom is 0.264 e. The Bertz CT molecular complexity index is 1630. The van der Waals surface area contributed by atoms with Crippen LogP contribution in [0.2, 0.25) is 0 Å². The molecule has 5 atom stereocenters. The third kappa shape index (κ3) is 17.9. The van der Waals surface area contributed by atoms with Gasteiger partial charge in [0.15, 0.2) is 11.6 Å². The van der Waals surface area contributed by atoms with Gasteiger partial charge in [0.05, 0.1) is 38.1 Å². The molecular formula is C43H65N3O9S. The second-order valence-corrected chi connectivity index (χ2v) is 18.1. The first-order chi connectivity index (χ1) is 26.4. The molecule has 12 nitrogen and oxygen atoms in total. The number of carbonyl (C=O) groups is 4. The number of carbonyl (C=O) groups excluding carboxylic acids is 4. The molecule has 2 aromatic carbocycles. The van der Waals surface area contributed by atoms with Crippen LogP contribution in [0, 0.1) is 23.7 Å². The van der Waals surface area contributed by atoms with Crippen LogP contribution in [0.3, 0.4) is 0 Å². The Kier molecular flexibility index (Phi) is 19.5. The van der Waals surface area contributed by atoms with Gasteiger partial charge in [-0.1, -0.05) is 88.4 Å². The van der Waals surface area contributed by atoms with Crippen LogP contribution in [0.15, 0.2) is 60.7 Å². The fourth-order valence-corrected chi connectivity index (χ4v) is 7.46. The largest absolute Gasteiger partial charge is 0.380 e. The zero-order valence-corrected chi connectivity index (χ0v) is 35.0. The van der Waals surface area contributed by atoms with E-state index in [1.807, 2.05) is 93.3 Å². The molecule has 1 saturated heterocycles. The van der Waals surface area contributed by atoms with E-state index in [1.54, 1.807) is 0 Å². The first-order valence-electron chi connectivity index (χ1n) is 20.0. The summed E-state index contributed by atoms with van der Waals surface area (Å²) < 4.78 is 33.5. The number of rotatable bonds is 26. The summed E-state index contributed by atoms with van der Waals surface area (Å²) in [4.78, 5) is 57.4. The SMILES string of the molecule is CC(C)C[C@H](NC(=O)[C@H](CCc1ccccc1)CC(=O)CN1CCOCC1)C(=O)C[C@H](CN[C@@H](CC(C)C)C(=O)[C@](C)(O)COS(C)(=O)=O)Cc1ccccc1. The van der Waals surface area contributed by atoms with E-state index in [2.05, 4.69) is 10.6 Å². The fraction of sp³-hybridized carbons (Fsp3) is 0.628. The van der Waals surface area contributed by atoms with Crippen LogP contribution < -0.4 is 10.6 Å². The number of benzene rings is 2. The number of nitrogens with one attached hydrogen (secondary N) is 2. The number of amides is 1. The summed E-state index contributed by atoms with van der Waals surface area (Å²) in [6, 6.07) is 17.9. The Morgan fingerprint density at radius 1 is 0.875 bits per heavy atom. The van der Waals surface area contributed by atoms with E-state index in [1.165, 1.54) is 6.92 Å². The molecule has 0 saturated carbocycles. The zero-order valence-electron chi connectivity index (χ0n) is 34.2. The Hall–Kier alpha value is -3.33. The van der Waals surface area contributed by atoms with Crippen LogP contribution in [0.1, 0.15) is 77.8 Å². The molecule has 2 aromatic rings. The molecule has 312 valence electrons. The zero-order chi connectivity index (χ0) is 41.3. The summed E-state index contributed by atoms with van der Waals surface area (Å²) in [6.45, 7) is 11.4. The minimum absolute atomic E-state index is 0.0202. The summed E-state index contributed by atoms with van der Waals surface area (Å²) in [5, 5.41) is 17.4. The van der Waals surface area contributed by atoms with Crippen LogP contribution in [0.25, 0.3) is 0 Å². The summed E-state index contributed by atoms with van der Waals surface area (Å²) in [7, 11) is -3.90. The van der Waals surface area contributed by atoms with Gasteiger partial charge in [-0.05, 0) is 74.5 Å². The van der Waals surface area contributed by atoms with E-state index in [-0.39, 0.29) is 61.2 Å². The van der Waals surface area contributed by atoms with Crippen molar-refractivity contribution >= 4 is 33.4 Å². The number of ketones is 3. The van der Waals surface area contributed by atoms with Crippen molar-refractivity contribution < 1.29 is 41.6 Å². The fourth-order valence-electron chi connectivity index (χ4n) is 7.01. The Balaban J connectivity index is 1.81. The van der Waals surface area contributed by atoms with Crippen LogP contribution in [-0.4, -0.2) is 112 Å². The summed E-state index contributed by atoms with van der Waals surface area (Å²) in [6.07, 6.45) is 3.38. The van der Waals surface area contributed by atoms with Crippen molar-refractivity contribution in [1.29, 1.82) is 0 Å². The number of aliphatic hydroxyl groups is 1. The van der Waals surface area contributed by atoms with Gasteiger partial charge in [0.1, 0.15) is 18.0 Å². The number of hydrogen-bond donors (Lipinski definition) is 3. The highest BCUT2D eigenvalue weighted by atomic mass is 32.2. The normalized spacial score (nSPS) is 17.2. The van der Waals surface area contributed by atoms with Gasteiger partial charge >= 0.3 is 0 Å². The topological polar surface area (TPSA) is 168 Å². The lowest BCUT2D eigenvalue weighted by Crippen LogP contribution is -2.53. The summed E-state index contributed by atoms with van der Waals surface area (Å²) >= 11 is 0. The van der Waals surface area contributed by atoms with Crippen LogP contribution in [-0.2, 0) is 51.1 Å². The average Bonchev–Trinajstić information content (AvgIpc) is 3.14. The van der Waals surface area contributed by atoms with Crippen molar-refractivity contribution in [2.45, 2.75) is 97.2 Å². The number of hydrogen-bond acceptors (Lipinski definition) is 11. The molecule has 0 radical (unpaired) electrons. The molecular weight excluding hydrogens is 735 g/mol. The first kappa shape index (κ1) is 47.0. The molecule has 1 amide bonds. The first-order valence-corrected chi connectivity index (χ1v) is 21.8. The lowest BCUT2D eigenvalue weighted by molar-refractivity contribution is -0.141. The second kappa shape index (κ2) is 23.2. The molecule has 1 aliphatic heterocycles. The highest BCUT2D eigenvalue weighted by Gasteiger charge is 2.38. The van der Waals surface area contributed by atoms with E-state index in [9.17, 15) is 32.7 Å². The maximum atomic E-state index is 14.3. The van der Waals surface area contributed by atoms with Gasteiger partial charge in [-0.3, -0.25) is 28.3 Å². The van der Waals surface area contributed by atoms with Crippen molar-refractivity contribution in [3.05, 3.63) is 71.8 Å². The predicted molar refractivity (Wildman–Crippen MR) is 217 cm³/mol. The number of nitrogens with zero attached hydrogens (tertiary/aromatic N) is 1. The number of ether oxygens (including phenoxy) is 1. The molecule has 0 spiro atoms. The minimum Gasteiger partial charge on any atom is -0.380 e. The molecule has 56 heavy (non-hydrogen) atoms. The lowest BCUT2D eigenvalue weighted by atomic mass is 9.87. The van der Waals surface area contributed by atoms with Crippen molar-refractivity contribution in [2.24, 2.45) is 23.7 Å². The average molecular weight is 800 g/mol. The molecule has 0 aromatic heterocycles. The highest BCUT2D eigenvalue weighted by molar-refractivity contribution is 7.86. The summed E-state index contributed by atoms with van der Waals surface area (Å²) in [5.74, 6) is -1.84. The van der Waals surface area contributed by atoms with Gasteiger partial charge in [0.2, 0.25) is 5.91 Å². The molecule has 0 aliphatic carbocycles. The van der Waals surface area contributed by atoms with E-state index in [0.717, 1.165) is 17.4 Å². The molecule has 3 rings (SSSR count). The third-order valence-electron chi connectivity index (χ3n) is 10.0. The van der Waals surface area contributed by atoms with Gasteiger partial charge in [0, 0.05) is 31.8 Å². The van der Waals surface area contributed by atoms with Crippen molar-refractivity contribution in [3.8, 4) is 0 Å². The molecule has 0 bridgehead atoms. The van der Waals surface area contributed by atoms with E-state index >= 15 is 0 Å². The van der Waals surface area contributed by atoms with Gasteiger partial charge in [-0.2, -0.15) is 8.42 Å². The lowest BCUT2D eigenvalue weighted by Gasteiger charge is -2.30. The monoisotopic (exact) mass is 799 g/mol. The Morgan fingerprint density at radius 2 is 1.45 bits per heavy atom. The van der Waals surface area contributed by atoms with Gasteiger partial charge in [-0.15, -0.1) is 0 Å². The van der Waals surface area contributed by atoms with E-state index < -0.39 is 46.1 Å². The molecule has 1 heterocycles. The Morgan fingerprint density at radius 3 is 2.02 bits per heavy atom. The highest BCUT2D eigenvalue weighted by Crippen LogP contribution is 2.21. The molecule has 1 aliphatic rings. The number of morpholine rings is 1. The van der Waals surface area contributed by atoms with E-state index in [4.69, 9.17) is 8.92 Å². The summed E-state index contributed by atoms with van der Waals surface area (Å²) in [5.41, 5.74) is -0.0135. The van der Waals surface area contributed by atoms with Crippen molar-refractivity contribution in [2.75, 3.05) is 52.3 Å². The standard InChI is InChI=1S/C43H65N3O9S/c1-31(2)23-38(45-42(50)36(18-17-33-13-9-7-10-14-33)27-37(47)29-46-19-21-54-22-20-46)40(48)26-35(25-34-15-11-8-12-16-34)28-44-39(24-32(3)4)41(49)43(5,51)30-55-56(6,52)53/h7-16,31-32,35-36,38-39,44,51H,17-30H2,1-6H3,(H,45,50)/t35-,36-,38+,39+,43-/m1/s1. The minimum atomic E-state index is -3.90. The van der Waals surface area contributed by atoms with Crippen molar-refractivity contribution in [3.63, 3.8) is 0 Å². The molecule has 0 unspecified atom stereocenters. The third-order valence-corrected chi connectivity index (χ3v) is 10.5. The van der Waals surface area contributed by atoms with Crippen LogP contribution in [0.4, 0.5) is 0 Å². The van der Waals surface area contributed by atoms with Gasteiger partial charge < -0.3 is 20.5 Å². The molecule has 3 N–H and O–H groups in total. The molecule has 1 fully saturated rings. The number of aryl methyl sites for hydroxylation is 1. The number of Topliss-reactive ketones (excluding diaryl/α,β-unsaturated/α-hetero) is 3. The quantitative estimate of drug-likeness (QED) is 0.117. The molecule has 13 heteroatoms. The predicted octanol–water partition coefficient (Wildman–Crippen LogP) is 4.18. The maximum absolute atomic E-state index is 14.3. The smallest absolute Gasteiger partial charge is 0.264 e. The van der Waals surface area contributed by atoms with Crippen molar-refractivity contribution in [1.82, 2.24) is 15.5 Å². The Labute approximate surface area is 334 Å². The second-order valence-electron chi connectivity index (χ2n) is 16.5.